The lowest BCUT2D eigenvalue weighted by Gasteiger charge is -2.14. The Hall–Kier alpha value is -3.32. The van der Waals surface area contributed by atoms with Crippen molar-refractivity contribution in [1.29, 1.82) is 0 Å². The van der Waals surface area contributed by atoms with Crippen molar-refractivity contribution in [3.8, 4) is 16.9 Å². The zero-order valence-corrected chi connectivity index (χ0v) is 16.4. The first-order chi connectivity index (χ1) is 14.8. The molecule has 0 saturated carbocycles. The number of hydrogen-bond donors (Lipinski definition) is 0. The number of fused-ring (bicyclic) bond motifs is 1. The van der Waals surface area contributed by atoms with Crippen LogP contribution in [-0.4, -0.2) is 0 Å². The summed E-state index contributed by atoms with van der Waals surface area (Å²) in [6, 6.07) is 15.5. The Kier molecular flexibility index (Phi) is 5.45. The van der Waals surface area contributed by atoms with Crippen molar-refractivity contribution >= 4 is 22.6 Å². The lowest BCUT2D eigenvalue weighted by Crippen LogP contribution is -2.16. The second-order valence-corrected chi connectivity index (χ2v) is 7.05. The van der Waals surface area contributed by atoms with Crippen molar-refractivity contribution in [2.24, 2.45) is 0 Å². The van der Waals surface area contributed by atoms with E-state index in [-0.39, 0.29) is 39.5 Å². The van der Waals surface area contributed by atoms with E-state index in [0.717, 1.165) is 6.07 Å². The summed E-state index contributed by atoms with van der Waals surface area (Å²) in [5.41, 5.74) is -1.48. The molecule has 0 bridgehead atoms. The van der Waals surface area contributed by atoms with E-state index in [4.69, 9.17) is 20.8 Å². The van der Waals surface area contributed by atoms with Crippen LogP contribution in [0.1, 0.15) is 11.3 Å². The van der Waals surface area contributed by atoms with Crippen LogP contribution in [0.25, 0.3) is 22.1 Å². The molecule has 0 saturated heterocycles. The van der Waals surface area contributed by atoms with Crippen LogP contribution in [0.15, 0.2) is 75.9 Å². The van der Waals surface area contributed by atoms with Gasteiger partial charge in [0.25, 0.3) is 0 Å². The van der Waals surface area contributed by atoms with Gasteiger partial charge in [-0.1, -0.05) is 48.0 Å². The van der Waals surface area contributed by atoms with Gasteiger partial charge in [0.05, 0.1) is 16.0 Å². The summed E-state index contributed by atoms with van der Waals surface area (Å²) in [5.74, 6) is -1.88. The lowest BCUT2D eigenvalue weighted by molar-refractivity contribution is -0.152. The van der Waals surface area contributed by atoms with Gasteiger partial charge in [0.1, 0.15) is 23.8 Å². The summed E-state index contributed by atoms with van der Waals surface area (Å²) in [7, 11) is 0. The van der Waals surface area contributed by atoms with Gasteiger partial charge >= 0.3 is 6.18 Å². The molecule has 0 amide bonds. The van der Waals surface area contributed by atoms with E-state index in [2.05, 4.69) is 0 Å². The fourth-order valence-corrected chi connectivity index (χ4v) is 3.37. The smallest absolute Gasteiger partial charge is 0.450 e. The van der Waals surface area contributed by atoms with Gasteiger partial charge in [-0.25, -0.2) is 4.39 Å². The third-order valence-corrected chi connectivity index (χ3v) is 4.98. The van der Waals surface area contributed by atoms with Gasteiger partial charge in [-0.05, 0) is 29.8 Å². The van der Waals surface area contributed by atoms with Crippen molar-refractivity contribution in [3.63, 3.8) is 0 Å². The molecular weight excluding hydrogens is 436 g/mol. The third kappa shape index (κ3) is 4.14. The van der Waals surface area contributed by atoms with Gasteiger partial charge in [0, 0.05) is 11.6 Å². The van der Waals surface area contributed by atoms with Gasteiger partial charge in [0.15, 0.2) is 0 Å². The van der Waals surface area contributed by atoms with Crippen molar-refractivity contribution in [2.75, 3.05) is 0 Å². The molecule has 0 spiro atoms. The van der Waals surface area contributed by atoms with E-state index in [1.807, 2.05) is 0 Å². The summed E-state index contributed by atoms with van der Waals surface area (Å²) in [6.45, 7) is -0.254. The van der Waals surface area contributed by atoms with Crippen LogP contribution in [-0.2, 0) is 12.8 Å². The summed E-state index contributed by atoms with van der Waals surface area (Å²) in [6.07, 6.45) is -4.89. The number of benzene rings is 3. The van der Waals surface area contributed by atoms with Gasteiger partial charge in [0.2, 0.25) is 11.2 Å². The Morgan fingerprint density at radius 1 is 0.968 bits per heavy atom. The molecule has 0 radical (unpaired) electrons. The van der Waals surface area contributed by atoms with Crippen LogP contribution in [0.2, 0.25) is 5.02 Å². The van der Waals surface area contributed by atoms with Gasteiger partial charge in [-0.15, -0.1) is 0 Å². The highest BCUT2D eigenvalue weighted by Crippen LogP contribution is 2.37. The number of halogens is 5. The third-order valence-electron chi connectivity index (χ3n) is 4.63. The molecule has 0 aliphatic carbocycles. The minimum absolute atomic E-state index is 0.0388. The molecule has 0 aliphatic heterocycles. The molecule has 8 heteroatoms. The highest BCUT2D eigenvalue weighted by molar-refractivity contribution is 6.31. The molecule has 0 fully saturated rings. The van der Waals surface area contributed by atoms with Crippen molar-refractivity contribution in [3.05, 3.63) is 99.1 Å². The van der Waals surface area contributed by atoms with E-state index in [1.54, 1.807) is 6.07 Å². The van der Waals surface area contributed by atoms with Gasteiger partial charge in [-0.3, -0.25) is 4.79 Å². The highest BCUT2D eigenvalue weighted by Gasteiger charge is 2.39. The molecule has 31 heavy (non-hydrogen) atoms. The minimum Gasteiger partial charge on any atom is -0.489 e. The Balaban J connectivity index is 1.79. The van der Waals surface area contributed by atoms with Crippen LogP contribution in [0.5, 0.6) is 5.75 Å². The van der Waals surface area contributed by atoms with E-state index in [0.29, 0.717) is 0 Å². The Bertz CT molecular complexity index is 1290. The number of ether oxygens (including phenoxy) is 1. The first-order valence-electron chi connectivity index (χ1n) is 9.05. The SMILES string of the molecule is O=c1c(-c2ccccc2)c(C(F)(F)F)oc2cc(OCc3c(F)cccc3Cl)ccc12. The molecule has 0 atom stereocenters. The summed E-state index contributed by atoms with van der Waals surface area (Å²) >= 11 is 5.95. The summed E-state index contributed by atoms with van der Waals surface area (Å²) in [4.78, 5) is 12.9. The topological polar surface area (TPSA) is 39.4 Å². The molecule has 0 N–H and O–H groups in total. The molecular formula is C23H13ClF4O3. The normalized spacial score (nSPS) is 11.6. The first kappa shape index (κ1) is 20.9. The number of hydrogen-bond acceptors (Lipinski definition) is 3. The van der Waals surface area contributed by atoms with Crippen LogP contribution < -0.4 is 10.2 Å². The van der Waals surface area contributed by atoms with Crippen molar-refractivity contribution in [2.45, 2.75) is 12.8 Å². The zero-order chi connectivity index (χ0) is 22.2. The Labute approximate surface area is 178 Å². The average Bonchev–Trinajstić information content (AvgIpc) is 2.73. The Morgan fingerprint density at radius 3 is 2.39 bits per heavy atom. The van der Waals surface area contributed by atoms with Gasteiger partial charge < -0.3 is 9.15 Å². The molecule has 4 aromatic rings. The van der Waals surface area contributed by atoms with E-state index >= 15 is 0 Å². The molecule has 4 rings (SSSR count). The van der Waals surface area contributed by atoms with Crippen LogP contribution in [0.3, 0.4) is 0 Å². The largest absolute Gasteiger partial charge is 0.489 e. The van der Waals surface area contributed by atoms with Crippen molar-refractivity contribution in [1.82, 2.24) is 0 Å². The molecule has 0 aliphatic rings. The number of rotatable bonds is 4. The molecule has 1 heterocycles. The van der Waals surface area contributed by atoms with Crippen LogP contribution in [0, 0.1) is 5.82 Å². The maximum absolute atomic E-state index is 13.9. The lowest BCUT2D eigenvalue weighted by atomic mass is 10.0. The Morgan fingerprint density at radius 2 is 1.71 bits per heavy atom. The van der Waals surface area contributed by atoms with Crippen molar-refractivity contribution < 1.29 is 26.7 Å². The zero-order valence-electron chi connectivity index (χ0n) is 15.7. The van der Waals surface area contributed by atoms with E-state index in [1.165, 1.54) is 54.6 Å². The second-order valence-electron chi connectivity index (χ2n) is 6.65. The molecule has 3 nitrogen and oxygen atoms in total. The standard InChI is InChI=1S/C23H13ClF4O3/c24-17-7-4-8-18(25)16(17)12-30-14-9-10-15-19(11-14)31-22(23(26,27)28)20(21(15)29)13-5-2-1-3-6-13/h1-11H,12H2. The summed E-state index contributed by atoms with van der Waals surface area (Å²) < 4.78 is 65.5. The predicted molar refractivity (Wildman–Crippen MR) is 109 cm³/mol. The first-order valence-corrected chi connectivity index (χ1v) is 9.42. The van der Waals surface area contributed by atoms with E-state index in [9.17, 15) is 22.4 Å². The minimum atomic E-state index is -4.89. The second kappa shape index (κ2) is 8.07. The summed E-state index contributed by atoms with van der Waals surface area (Å²) in [5, 5.41) is 0.113. The fourth-order valence-electron chi connectivity index (χ4n) is 3.16. The maximum atomic E-state index is 13.9. The van der Waals surface area contributed by atoms with E-state index < -0.39 is 28.7 Å². The van der Waals surface area contributed by atoms with Crippen LogP contribution >= 0.6 is 11.6 Å². The average molecular weight is 449 g/mol. The van der Waals surface area contributed by atoms with Crippen LogP contribution in [0.4, 0.5) is 17.6 Å². The predicted octanol–water partition coefficient (Wildman–Crippen LogP) is 6.85. The molecule has 3 aromatic carbocycles. The number of alkyl halides is 3. The molecule has 158 valence electrons. The highest BCUT2D eigenvalue weighted by atomic mass is 35.5. The van der Waals surface area contributed by atoms with Gasteiger partial charge in [-0.2, -0.15) is 13.2 Å². The quantitative estimate of drug-likeness (QED) is 0.320. The molecule has 1 aromatic heterocycles. The fraction of sp³-hybridized carbons (Fsp3) is 0.0870. The monoisotopic (exact) mass is 448 g/mol. The maximum Gasteiger partial charge on any atom is 0.450 e. The molecule has 0 unspecified atom stereocenters.